The van der Waals surface area contributed by atoms with Gasteiger partial charge < -0.3 is 15.1 Å². The zero-order chi connectivity index (χ0) is 16.4. The number of nitrogens with zero attached hydrogens (tertiary/aromatic N) is 3. The van der Waals surface area contributed by atoms with Gasteiger partial charge in [0.05, 0.1) is 0 Å². The predicted molar refractivity (Wildman–Crippen MR) is 90.3 cm³/mol. The van der Waals surface area contributed by atoms with Crippen LogP contribution in [0.2, 0.25) is 0 Å². The molecule has 126 valence electrons. The Morgan fingerprint density at radius 1 is 1.39 bits per heavy atom. The van der Waals surface area contributed by atoms with E-state index in [4.69, 9.17) is 0 Å². The standard InChI is InChI=1S/C16H24N4O2S/c1-18(2)15(22)20-6-5-19(9-13-4-3-7-23-13)11-16(12-20)8-14(21)17-10-16/h3-4,7H,5-6,8-12H2,1-2H3,(H,17,21)/t16-/m0/s1. The molecule has 6 nitrogen and oxygen atoms in total. The molecule has 2 aliphatic rings. The van der Waals surface area contributed by atoms with Crippen molar-refractivity contribution in [1.29, 1.82) is 0 Å². The van der Waals surface area contributed by atoms with Gasteiger partial charge in [0.15, 0.2) is 0 Å². The van der Waals surface area contributed by atoms with E-state index in [1.807, 2.05) is 4.90 Å². The maximum absolute atomic E-state index is 12.4. The van der Waals surface area contributed by atoms with Gasteiger partial charge in [-0.05, 0) is 11.4 Å². The summed E-state index contributed by atoms with van der Waals surface area (Å²) in [7, 11) is 3.56. The van der Waals surface area contributed by atoms with Crippen LogP contribution in [-0.2, 0) is 11.3 Å². The number of urea groups is 1. The lowest BCUT2D eigenvalue weighted by Gasteiger charge is -2.33. The minimum absolute atomic E-state index is 0.0293. The van der Waals surface area contributed by atoms with E-state index in [2.05, 4.69) is 27.7 Å². The van der Waals surface area contributed by atoms with Crippen LogP contribution in [0.3, 0.4) is 0 Å². The average molecular weight is 336 g/mol. The van der Waals surface area contributed by atoms with Crippen molar-refractivity contribution in [3.8, 4) is 0 Å². The third-order valence-corrected chi connectivity index (χ3v) is 5.44. The number of carbonyl (C=O) groups excluding carboxylic acids is 2. The Morgan fingerprint density at radius 3 is 2.83 bits per heavy atom. The van der Waals surface area contributed by atoms with Crippen molar-refractivity contribution < 1.29 is 9.59 Å². The summed E-state index contributed by atoms with van der Waals surface area (Å²) >= 11 is 1.75. The first-order chi connectivity index (χ1) is 11.0. The highest BCUT2D eigenvalue weighted by atomic mass is 32.1. The number of carbonyl (C=O) groups is 2. The van der Waals surface area contributed by atoms with Crippen molar-refractivity contribution in [1.82, 2.24) is 20.0 Å². The minimum atomic E-state index is -0.170. The molecule has 1 spiro atoms. The Bertz CT molecular complexity index is 575. The van der Waals surface area contributed by atoms with Gasteiger partial charge in [-0.15, -0.1) is 11.3 Å². The van der Waals surface area contributed by atoms with Gasteiger partial charge in [0.2, 0.25) is 5.91 Å². The first-order valence-corrected chi connectivity index (χ1v) is 8.83. The zero-order valence-corrected chi connectivity index (χ0v) is 14.6. The van der Waals surface area contributed by atoms with Crippen molar-refractivity contribution in [2.24, 2.45) is 5.41 Å². The van der Waals surface area contributed by atoms with Crippen molar-refractivity contribution in [2.45, 2.75) is 13.0 Å². The Hall–Kier alpha value is -1.60. The smallest absolute Gasteiger partial charge is 0.319 e. The molecule has 0 aliphatic carbocycles. The summed E-state index contributed by atoms with van der Waals surface area (Å²) in [5.74, 6) is 0.0974. The first-order valence-electron chi connectivity index (χ1n) is 7.95. The van der Waals surface area contributed by atoms with Crippen LogP contribution in [0.25, 0.3) is 0 Å². The summed E-state index contributed by atoms with van der Waals surface area (Å²) in [6, 6.07) is 4.24. The molecule has 1 atom stereocenters. The van der Waals surface area contributed by atoms with Crippen LogP contribution in [0.5, 0.6) is 0 Å². The molecule has 2 saturated heterocycles. The second-order valence-electron chi connectivity index (χ2n) is 6.84. The van der Waals surface area contributed by atoms with Gasteiger partial charge in [-0.3, -0.25) is 9.69 Å². The highest BCUT2D eigenvalue weighted by molar-refractivity contribution is 7.09. The Morgan fingerprint density at radius 2 is 2.22 bits per heavy atom. The monoisotopic (exact) mass is 336 g/mol. The van der Waals surface area contributed by atoms with Crippen LogP contribution in [0.15, 0.2) is 17.5 Å². The molecule has 23 heavy (non-hydrogen) atoms. The van der Waals surface area contributed by atoms with Crippen molar-refractivity contribution >= 4 is 23.3 Å². The van der Waals surface area contributed by atoms with E-state index < -0.39 is 0 Å². The van der Waals surface area contributed by atoms with Crippen LogP contribution in [0.1, 0.15) is 11.3 Å². The zero-order valence-electron chi connectivity index (χ0n) is 13.7. The van der Waals surface area contributed by atoms with Crippen LogP contribution >= 0.6 is 11.3 Å². The Kier molecular flexibility index (Phi) is 4.59. The van der Waals surface area contributed by atoms with Crippen LogP contribution in [0.4, 0.5) is 4.79 Å². The highest BCUT2D eigenvalue weighted by Crippen LogP contribution is 2.32. The molecule has 1 aromatic heterocycles. The SMILES string of the molecule is CN(C)C(=O)N1CCN(Cc2cccs2)C[C@]2(CNC(=O)C2)C1. The van der Waals surface area contributed by atoms with Gasteiger partial charge in [0.1, 0.15) is 0 Å². The minimum Gasteiger partial charge on any atom is -0.355 e. The fourth-order valence-electron chi connectivity index (χ4n) is 3.53. The summed E-state index contributed by atoms with van der Waals surface area (Å²) in [4.78, 5) is 31.5. The average Bonchev–Trinajstić information content (AvgIpc) is 3.08. The fraction of sp³-hybridized carbons (Fsp3) is 0.625. The molecule has 0 unspecified atom stereocenters. The number of nitrogens with one attached hydrogen (secondary N) is 1. The molecule has 0 bridgehead atoms. The predicted octanol–water partition coefficient (Wildman–Crippen LogP) is 1.05. The van der Waals surface area contributed by atoms with Gasteiger partial charge in [0.25, 0.3) is 0 Å². The molecule has 0 radical (unpaired) electrons. The number of hydrogen-bond donors (Lipinski definition) is 1. The second kappa shape index (κ2) is 6.49. The van der Waals surface area contributed by atoms with Gasteiger partial charge in [0, 0.05) is 70.1 Å². The second-order valence-corrected chi connectivity index (χ2v) is 7.87. The molecule has 3 heterocycles. The third-order valence-electron chi connectivity index (χ3n) is 4.58. The van der Waals surface area contributed by atoms with Crippen molar-refractivity contribution in [3.05, 3.63) is 22.4 Å². The summed E-state index contributed by atoms with van der Waals surface area (Å²) in [5, 5.41) is 5.05. The van der Waals surface area contributed by atoms with E-state index in [0.29, 0.717) is 26.1 Å². The molecule has 7 heteroatoms. The molecular weight excluding hydrogens is 312 g/mol. The van der Waals surface area contributed by atoms with Gasteiger partial charge in [-0.25, -0.2) is 4.79 Å². The molecule has 0 aromatic carbocycles. The first kappa shape index (κ1) is 16.3. The molecule has 3 rings (SSSR count). The largest absolute Gasteiger partial charge is 0.355 e. The molecule has 1 N–H and O–H groups in total. The molecule has 0 saturated carbocycles. The van der Waals surface area contributed by atoms with Gasteiger partial charge >= 0.3 is 6.03 Å². The molecular formula is C16H24N4O2S. The molecule has 3 amide bonds. The number of hydrogen-bond acceptors (Lipinski definition) is 4. The van der Waals surface area contributed by atoms with Crippen molar-refractivity contribution in [2.75, 3.05) is 46.8 Å². The van der Waals surface area contributed by atoms with E-state index in [1.54, 1.807) is 30.3 Å². The van der Waals surface area contributed by atoms with Gasteiger partial charge in [-0.2, -0.15) is 0 Å². The number of rotatable bonds is 2. The molecule has 1 aromatic rings. The summed E-state index contributed by atoms with van der Waals surface area (Å²) < 4.78 is 0. The van der Waals surface area contributed by atoms with E-state index in [9.17, 15) is 9.59 Å². The maximum Gasteiger partial charge on any atom is 0.319 e. The topological polar surface area (TPSA) is 55.9 Å². The third kappa shape index (κ3) is 3.67. The quantitative estimate of drug-likeness (QED) is 0.878. The lowest BCUT2D eigenvalue weighted by atomic mass is 9.86. The maximum atomic E-state index is 12.4. The van der Waals surface area contributed by atoms with Crippen molar-refractivity contribution in [3.63, 3.8) is 0 Å². The van der Waals surface area contributed by atoms with E-state index in [0.717, 1.165) is 19.6 Å². The Labute approximate surface area is 141 Å². The summed E-state index contributed by atoms with van der Waals surface area (Å²) in [6.45, 7) is 4.58. The summed E-state index contributed by atoms with van der Waals surface area (Å²) in [5.41, 5.74) is -0.170. The van der Waals surface area contributed by atoms with Crippen LogP contribution < -0.4 is 5.32 Å². The number of thiophene rings is 1. The summed E-state index contributed by atoms with van der Waals surface area (Å²) in [6.07, 6.45) is 0.505. The van der Waals surface area contributed by atoms with E-state index in [1.165, 1.54) is 4.88 Å². The van der Waals surface area contributed by atoms with E-state index in [-0.39, 0.29) is 17.4 Å². The lowest BCUT2D eigenvalue weighted by molar-refractivity contribution is -0.119. The molecule has 2 aliphatic heterocycles. The number of amides is 3. The Balaban J connectivity index is 1.78. The van der Waals surface area contributed by atoms with E-state index >= 15 is 0 Å². The van der Waals surface area contributed by atoms with Crippen LogP contribution in [0, 0.1) is 5.41 Å². The van der Waals surface area contributed by atoms with Gasteiger partial charge in [-0.1, -0.05) is 6.07 Å². The normalized spacial score (nSPS) is 25.5. The fourth-order valence-corrected chi connectivity index (χ4v) is 4.27. The highest BCUT2D eigenvalue weighted by Gasteiger charge is 2.44. The van der Waals surface area contributed by atoms with Crippen LogP contribution in [-0.4, -0.2) is 73.5 Å². The lowest BCUT2D eigenvalue weighted by Crippen LogP contribution is -2.46. The molecule has 2 fully saturated rings.